The van der Waals surface area contributed by atoms with E-state index in [4.69, 9.17) is 0 Å². The fourth-order valence-electron chi connectivity index (χ4n) is 6.15. The van der Waals surface area contributed by atoms with Crippen molar-refractivity contribution in [3.63, 3.8) is 0 Å². The number of halogens is 4. The van der Waals surface area contributed by atoms with Gasteiger partial charge in [0, 0.05) is 36.3 Å². The fraction of sp³-hybridized carbons (Fsp3) is 0.400. The summed E-state index contributed by atoms with van der Waals surface area (Å²) in [5, 5.41) is 11.3. The Morgan fingerprint density at radius 2 is 1.70 bits per heavy atom. The molecule has 40 heavy (non-hydrogen) atoms. The molecule has 6 nitrogen and oxygen atoms in total. The van der Waals surface area contributed by atoms with Crippen molar-refractivity contribution in [2.75, 3.05) is 26.2 Å². The molecule has 1 atom stereocenters. The Morgan fingerprint density at radius 3 is 2.35 bits per heavy atom. The van der Waals surface area contributed by atoms with Gasteiger partial charge in [-0.1, -0.05) is 24.3 Å². The number of para-hydroxylation sites is 1. The first-order valence-electron chi connectivity index (χ1n) is 13.5. The number of aromatic amines is 1. The molecule has 0 radical (unpaired) electrons. The van der Waals surface area contributed by atoms with Gasteiger partial charge in [-0.25, -0.2) is 4.39 Å². The van der Waals surface area contributed by atoms with Crippen molar-refractivity contribution in [1.82, 2.24) is 14.8 Å². The number of benzene rings is 2. The summed E-state index contributed by atoms with van der Waals surface area (Å²) in [6.07, 6.45) is 2.60. The van der Waals surface area contributed by atoms with Crippen LogP contribution in [-0.2, 0) is 15.8 Å². The van der Waals surface area contributed by atoms with Crippen LogP contribution in [0.3, 0.4) is 0 Å². The van der Waals surface area contributed by atoms with Crippen molar-refractivity contribution in [2.24, 2.45) is 5.92 Å². The summed E-state index contributed by atoms with van der Waals surface area (Å²) in [7, 11) is 0. The summed E-state index contributed by atoms with van der Waals surface area (Å²) in [5.41, 5.74) is 1.18. The molecule has 2 aromatic carbocycles. The molecule has 1 unspecified atom stereocenters. The molecule has 0 aliphatic carbocycles. The Morgan fingerprint density at radius 1 is 1.00 bits per heavy atom. The summed E-state index contributed by atoms with van der Waals surface area (Å²) in [4.78, 5) is 32.0. The van der Waals surface area contributed by atoms with Crippen LogP contribution >= 0.6 is 0 Å². The van der Waals surface area contributed by atoms with Gasteiger partial charge in [0.15, 0.2) is 0 Å². The molecule has 2 aliphatic rings. The van der Waals surface area contributed by atoms with E-state index >= 15 is 0 Å². The van der Waals surface area contributed by atoms with Crippen molar-refractivity contribution in [1.29, 1.82) is 0 Å². The molecule has 2 fully saturated rings. The molecule has 3 aromatic rings. The number of carboxylic acids is 1. The summed E-state index contributed by atoms with van der Waals surface area (Å²) in [6, 6.07) is 10.1. The van der Waals surface area contributed by atoms with Gasteiger partial charge < -0.3 is 15.0 Å². The second kappa shape index (κ2) is 11.4. The Bertz CT molecular complexity index is 1400. The quantitative estimate of drug-likeness (QED) is 0.292. The van der Waals surface area contributed by atoms with Crippen LogP contribution in [0.5, 0.6) is 0 Å². The van der Waals surface area contributed by atoms with Crippen LogP contribution in [0.25, 0.3) is 17.0 Å². The number of hydrogen-bond acceptors (Lipinski definition) is 3. The number of fused-ring (bicyclic) bond motifs is 1. The number of carbonyl (C=O) groups excluding carboxylic acids is 1. The van der Waals surface area contributed by atoms with E-state index in [2.05, 4.69) is 28.2 Å². The Balaban J connectivity index is 1.15. The smallest absolute Gasteiger partial charge is 0.419 e. The Hall–Kier alpha value is -3.66. The van der Waals surface area contributed by atoms with E-state index < -0.39 is 29.6 Å². The number of piperidine rings is 2. The van der Waals surface area contributed by atoms with Crippen molar-refractivity contribution in [3.8, 4) is 0 Å². The number of alkyl halides is 3. The first-order chi connectivity index (χ1) is 19.1. The molecule has 1 amide bonds. The normalized spacial score (nSPS) is 18.9. The highest BCUT2D eigenvalue weighted by atomic mass is 19.4. The third kappa shape index (κ3) is 5.91. The predicted molar refractivity (Wildman–Crippen MR) is 143 cm³/mol. The minimum Gasteiger partial charge on any atom is -0.480 e. The third-order valence-corrected chi connectivity index (χ3v) is 8.25. The van der Waals surface area contributed by atoms with Gasteiger partial charge in [-0.2, -0.15) is 13.2 Å². The van der Waals surface area contributed by atoms with Crippen LogP contribution < -0.4 is 0 Å². The summed E-state index contributed by atoms with van der Waals surface area (Å²) in [5.74, 6) is -2.32. The summed E-state index contributed by atoms with van der Waals surface area (Å²) in [6.45, 7) is 2.13. The minimum atomic E-state index is -4.78. The van der Waals surface area contributed by atoms with Crippen LogP contribution in [0.2, 0.25) is 0 Å². The zero-order valence-electron chi connectivity index (χ0n) is 21.8. The lowest BCUT2D eigenvalue weighted by Crippen LogP contribution is -2.52. The number of carboxylic acid groups (broad SMARTS) is 1. The van der Waals surface area contributed by atoms with Gasteiger partial charge in [-0.3, -0.25) is 14.5 Å². The highest BCUT2D eigenvalue weighted by Gasteiger charge is 2.38. The summed E-state index contributed by atoms with van der Waals surface area (Å²) < 4.78 is 52.1. The second-order valence-electron chi connectivity index (χ2n) is 10.6. The number of nitrogens with one attached hydrogen (secondary N) is 1. The van der Waals surface area contributed by atoms with E-state index in [9.17, 15) is 32.3 Å². The molecular formula is C30H31F4N3O3. The lowest BCUT2D eigenvalue weighted by atomic mass is 9.84. The van der Waals surface area contributed by atoms with Crippen molar-refractivity contribution < 1.29 is 32.3 Å². The first-order valence-corrected chi connectivity index (χ1v) is 13.5. The number of likely N-dealkylation sites (tertiary alicyclic amines) is 2. The number of nitrogens with zero attached hydrogens (tertiary/aromatic N) is 2. The van der Waals surface area contributed by atoms with E-state index in [0.29, 0.717) is 51.0 Å². The van der Waals surface area contributed by atoms with E-state index in [0.717, 1.165) is 30.5 Å². The number of carbonyl (C=O) groups is 2. The third-order valence-electron chi connectivity index (χ3n) is 8.25. The van der Waals surface area contributed by atoms with E-state index in [-0.39, 0.29) is 17.4 Å². The maximum atomic E-state index is 13.8. The first kappa shape index (κ1) is 27.9. The number of aromatic nitrogens is 1. The lowest BCUT2D eigenvalue weighted by Gasteiger charge is -2.41. The number of aliphatic carboxylic acids is 1. The van der Waals surface area contributed by atoms with Gasteiger partial charge in [0.1, 0.15) is 11.9 Å². The van der Waals surface area contributed by atoms with Gasteiger partial charge in [0.2, 0.25) is 5.91 Å². The minimum absolute atomic E-state index is 0.0980. The number of hydrogen-bond donors (Lipinski definition) is 2. The van der Waals surface area contributed by atoms with Crippen molar-refractivity contribution in [2.45, 2.75) is 43.8 Å². The van der Waals surface area contributed by atoms with Gasteiger partial charge in [-0.05, 0) is 86.0 Å². The standard InChI is InChI=1S/C30H31F4N3O3/c31-25-17-19(5-7-24(25)30(32,33)34)6-8-27(38)36-13-11-21(12-14-36)28(29(39)40)37-15-9-20(10-16-37)23-18-35-26-4-2-1-3-22(23)26/h1-8,17-18,20-21,28,35H,9-16H2,(H,39,40). The van der Waals surface area contributed by atoms with E-state index in [1.54, 1.807) is 4.90 Å². The lowest BCUT2D eigenvalue weighted by molar-refractivity contribution is -0.147. The van der Waals surface area contributed by atoms with Crippen molar-refractivity contribution in [3.05, 3.63) is 77.2 Å². The van der Waals surface area contributed by atoms with Gasteiger partial charge in [-0.15, -0.1) is 0 Å². The van der Waals surface area contributed by atoms with E-state index in [1.165, 1.54) is 23.1 Å². The Kier molecular flexibility index (Phi) is 7.98. The monoisotopic (exact) mass is 557 g/mol. The van der Waals surface area contributed by atoms with Crippen LogP contribution in [0.4, 0.5) is 17.6 Å². The number of amides is 1. The molecular weight excluding hydrogens is 526 g/mol. The maximum Gasteiger partial charge on any atom is 0.419 e. The molecule has 0 spiro atoms. The SMILES string of the molecule is O=C(O)C(C1CCN(C(=O)C=Cc2ccc(C(F)(F)F)c(F)c2)CC1)N1CCC(c2c[nH]c3ccccc23)CC1. The van der Waals surface area contributed by atoms with Crippen LogP contribution in [0.1, 0.15) is 48.3 Å². The molecule has 212 valence electrons. The molecule has 2 aliphatic heterocycles. The summed E-state index contributed by atoms with van der Waals surface area (Å²) >= 11 is 0. The highest BCUT2D eigenvalue weighted by molar-refractivity contribution is 5.92. The zero-order valence-corrected chi connectivity index (χ0v) is 21.8. The molecule has 3 heterocycles. The highest BCUT2D eigenvalue weighted by Crippen LogP contribution is 2.36. The Labute approximate surface area is 229 Å². The topological polar surface area (TPSA) is 76.6 Å². The molecule has 10 heteroatoms. The van der Waals surface area contributed by atoms with Gasteiger partial charge >= 0.3 is 12.1 Å². The largest absolute Gasteiger partial charge is 0.480 e. The zero-order chi connectivity index (χ0) is 28.4. The van der Waals surface area contributed by atoms with Crippen LogP contribution in [-0.4, -0.2) is 64.0 Å². The number of H-pyrrole nitrogens is 1. The molecule has 0 saturated carbocycles. The molecule has 2 saturated heterocycles. The molecule has 2 N–H and O–H groups in total. The van der Waals surface area contributed by atoms with Crippen molar-refractivity contribution >= 4 is 28.9 Å². The second-order valence-corrected chi connectivity index (χ2v) is 10.6. The van der Waals surface area contributed by atoms with Crippen LogP contribution in [0.15, 0.2) is 54.7 Å². The average Bonchev–Trinajstić information content (AvgIpc) is 3.36. The maximum absolute atomic E-state index is 13.8. The average molecular weight is 558 g/mol. The fourth-order valence-corrected chi connectivity index (χ4v) is 6.15. The number of rotatable bonds is 6. The predicted octanol–water partition coefficient (Wildman–Crippen LogP) is 5.91. The molecule has 0 bridgehead atoms. The van der Waals surface area contributed by atoms with Gasteiger partial charge in [0.05, 0.1) is 5.56 Å². The van der Waals surface area contributed by atoms with Gasteiger partial charge in [0.25, 0.3) is 0 Å². The molecule has 1 aromatic heterocycles. The molecule has 5 rings (SSSR count). The van der Waals surface area contributed by atoms with E-state index in [1.807, 2.05) is 12.1 Å². The van der Waals surface area contributed by atoms with Crippen LogP contribution in [0, 0.1) is 11.7 Å².